The maximum Gasteiger partial charge on any atom is 0.0221 e. The SMILES string of the molecule is CC(C)CNCC1CCCN1CC1CSc2ccccc21. The van der Waals surface area contributed by atoms with Crippen molar-refractivity contribution in [2.24, 2.45) is 5.92 Å². The molecule has 2 heterocycles. The molecule has 0 amide bonds. The summed E-state index contributed by atoms with van der Waals surface area (Å²) in [5.41, 5.74) is 1.59. The van der Waals surface area contributed by atoms with Crippen LogP contribution in [0.4, 0.5) is 0 Å². The Morgan fingerprint density at radius 1 is 1.33 bits per heavy atom. The first-order chi connectivity index (χ1) is 10.2. The molecule has 0 saturated carbocycles. The third-order valence-corrected chi connectivity index (χ3v) is 5.94. The summed E-state index contributed by atoms with van der Waals surface area (Å²) >= 11 is 2.04. The topological polar surface area (TPSA) is 15.3 Å². The summed E-state index contributed by atoms with van der Waals surface area (Å²) in [5, 5.41) is 3.65. The molecular formula is C18H28N2S. The highest BCUT2D eigenvalue weighted by Crippen LogP contribution is 2.40. The highest BCUT2D eigenvalue weighted by molar-refractivity contribution is 7.99. The largest absolute Gasteiger partial charge is 0.315 e. The molecule has 21 heavy (non-hydrogen) atoms. The number of benzene rings is 1. The van der Waals surface area contributed by atoms with Gasteiger partial charge in [0.25, 0.3) is 0 Å². The lowest BCUT2D eigenvalue weighted by molar-refractivity contribution is 0.236. The van der Waals surface area contributed by atoms with E-state index in [1.54, 1.807) is 5.56 Å². The summed E-state index contributed by atoms with van der Waals surface area (Å²) in [5.74, 6) is 2.75. The van der Waals surface area contributed by atoms with Crippen LogP contribution in [0, 0.1) is 5.92 Å². The molecule has 116 valence electrons. The number of hydrogen-bond acceptors (Lipinski definition) is 3. The van der Waals surface area contributed by atoms with Gasteiger partial charge in [-0.25, -0.2) is 0 Å². The molecule has 2 nitrogen and oxygen atoms in total. The van der Waals surface area contributed by atoms with Crippen LogP contribution < -0.4 is 5.32 Å². The predicted molar refractivity (Wildman–Crippen MR) is 92.2 cm³/mol. The van der Waals surface area contributed by atoms with Gasteiger partial charge in [0.2, 0.25) is 0 Å². The van der Waals surface area contributed by atoms with Crippen molar-refractivity contribution in [3.8, 4) is 0 Å². The number of nitrogens with zero attached hydrogens (tertiary/aromatic N) is 1. The van der Waals surface area contributed by atoms with E-state index in [1.165, 1.54) is 43.1 Å². The molecule has 0 radical (unpaired) electrons. The van der Waals surface area contributed by atoms with Crippen LogP contribution in [0.3, 0.4) is 0 Å². The number of likely N-dealkylation sites (tertiary alicyclic amines) is 1. The Morgan fingerprint density at radius 2 is 2.19 bits per heavy atom. The van der Waals surface area contributed by atoms with Crippen molar-refractivity contribution >= 4 is 11.8 Å². The molecule has 2 unspecified atom stereocenters. The van der Waals surface area contributed by atoms with Gasteiger partial charge >= 0.3 is 0 Å². The molecule has 0 spiro atoms. The first-order valence-corrected chi connectivity index (χ1v) is 9.39. The van der Waals surface area contributed by atoms with E-state index in [-0.39, 0.29) is 0 Å². The van der Waals surface area contributed by atoms with Crippen molar-refractivity contribution in [1.82, 2.24) is 10.2 Å². The van der Waals surface area contributed by atoms with Crippen molar-refractivity contribution < 1.29 is 0 Å². The third kappa shape index (κ3) is 3.82. The van der Waals surface area contributed by atoms with Gasteiger partial charge in [-0.15, -0.1) is 11.8 Å². The Morgan fingerprint density at radius 3 is 3.05 bits per heavy atom. The quantitative estimate of drug-likeness (QED) is 0.865. The molecule has 0 bridgehead atoms. The van der Waals surface area contributed by atoms with Gasteiger partial charge in [0.1, 0.15) is 0 Å². The van der Waals surface area contributed by atoms with Gasteiger partial charge in [0.15, 0.2) is 0 Å². The van der Waals surface area contributed by atoms with Gasteiger partial charge in [-0.05, 0) is 43.5 Å². The normalized spacial score (nSPS) is 25.7. The van der Waals surface area contributed by atoms with Crippen LogP contribution in [0.2, 0.25) is 0 Å². The fourth-order valence-corrected chi connectivity index (χ4v) is 4.81. The first-order valence-electron chi connectivity index (χ1n) is 8.40. The molecule has 1 N–H and O–H groups in total. The van der Waals surface area contributed by atoms with Crippen molar-refractivity contribution in [2.75, 3.05) is 31.9 Å². The fraction of sp³-hybridized carbons (Fsp3) is 0.667. The summed E-state index contributed by atoms with van der Waals surface area (Å²) in [6.07, 6.45) is 2.74. The second kappa shape index (κ2) is 7.17. The molecule has 2 aliphatic rings. The monoisotopic (exact) mass is 304 g/mol. The number of hydrogen-bond donors (Lipinski definition) is 1. The minimum atomic E-state index is 0.733. The zero-order chi connectivity index (χ0) is 14.7. The maximum absolute atomic E-state index is 3.65. The van der Waals surface area contributed by atoms with Crippen molar-refractivity contribution in [1.29, 1.82) is 0 Å². The summed E-state index contributed by atoms with van der Waals surface area (Å²) in [6, 6.07) is 9.74. The highest BCUT2D eigenvalue weighted by Gasteiger charge is 2.30. The molecule has 1 saturated heterocycles. The number of fused-ring (bicyclic) bond motifs is 1. The van der Waals surface area contributed by atoms with Crippen molar-refractivity contribution in [3.63, 3.8) is 0 Å². The summed E-state index contributed by atoms with van der Waals surface area (Å²) in [7, 11) is 0. The first kappa shape index (κ1) is 15.4. The molecule has 1 aromatic rings. The zero-order valence-corrected chi connectivity index (χ0v) is 14.2. The maximum atomic E-state index is 3.65. The van der Waals surface area contributed by atoms with E-state index in [2.05, 4.69) is 48.3 Å². The van der Waals surface area contributed by atoms with Crippen molar-refractivity contribution in [2.45, 2.75) is 43.5 Å². The Labute approximate surface area is 133 Å². The van der Waals surface area contributed by atoms with E-state index in [0.717, 1.165) is 24.4 Å². The molecule has 3 heteroatoms. The predicted octanol–water partition coefficient (Wildman–Crippen LogP) is 3.59. The second-order valence-electron chi connectivity index (χ2n) is 6.89. The van der Waals surface area contributed by atoms with Crippen LogP contribution in [0.1, 0.15) is 38.2 Å². The summed E-state index contributed by atoms with van der Waals surface area (Å²) in [4.78, 5) is 4.25. The van der Waals surface area contributed by atoms with E-state index in [9.17, 15) is 0 Å². The van der Waals surface area contributed by atoms with Crippen molar-refractivity contribution in [3.05, 3.63) is 29.8 Å². The average molecular weight is 305 g/mol. The Balaban J connectivity index is 1.55. The third-order valence-electron chi connectivity index (χ3n) is 4.69. The van der Waals surface area contributed by atoms with E-state index in [0.29, 0.717) is 0 Å². The standard InChI is InChI=1S/C18H28N2S/c1-14(2)10-19-11-16-6-5-9-20(16)12-15-13-21-18-8-4-3-7-17(15)18/h3-4,7-8,14-16,19H,5-6,9-13H2,1-2H3. The van der Waals surface area contributed by atoms with Crippen LogP contribution in [0.25, 0.3) is 0 Å². The Bertz CT molecular complexity index is 460. The Kier molecular flexibility index (Phi) is 5.25. The van der Waals surface area contributed by atoms with Gasteiger partial charge in [-0.1, -0.05) is 32.0 Å². The minimum Gasteiger partial charge on any atom is -0.315 e. The lowest BCUT2D eigenvalue weighted by atomic mass is 10.0. The molecular weight excluding hydrogens is 276 g/mol. The van der Waals surface area contributed by atoms with Gasteiger partial charge < -0.3 is 5.32 Å². The number of nitrogens with one attached hydrogen (secondary N) is 1. The van der Waals surface area contributed by atoms with Crippen LogP contribution >= 0.6 is 11.8 Å². The van der Waals surface area contributed by atoms with E-state index in [1.807, 2.05) is 11.8 Å². The molecule has 2 aliphatic heterocycles. The molecule has 3 rings (SSSR count). The average Bonchev–Trinajstić information content (AvgIpc) is 3.07. The fourth-order valence-electron chi connectivity index (χ4n) is 3.57. The van der Waals surface area contributed by atoms with Gasteiger partial charge in [0, 0.05) is 35.7 Å². The van der Waals surface area contributed by atoms with Gasteiger partial charge in [0.05, 0.1) is 0 Å². The second-order valence-corrected chi connectivity index (χ2v) is 7.95. The lowest BCUT2D eigenvalue weighted by Crippen LogP contribution is -2.40. The zero-order valence-electron chi connectivity index (χ0n) is 13.3. The van der Waals surface area contributed by atoms with Gasteiger partial charge in [-0.2, -0.15) is 0 Å². The van der Waals surface area contributed by atoms with Crippen LogP contribution in [0.5, 0.6) is 0 Å². The van der Waals surface area contributed by atoms with Gasteiger partial charge in [-0.3, -0.25) is 4.90 Å². The molecule has 2 atom stereocenters. The summed E-state index contributed by atoms with van der Waals surface area (Å²) < 4.78 is 0. The summed E-state index contributed by atoms with van der Waals surface area (Å²) in [6.45, 7) is 9.42. The molecule has 1 aromatic carbocycles. The smallest absolute Gasteiger partial charge is 0.0221 e. The van der Waals surface area contributed by atoms with E-state index >= 15 is 0 Å². The Hall–Kier alpha value is -0.510. The van der Waals surface area contributed by atoms with E-state index < -0.39 is 0 Å². The van der Waals surface area contributed by atoms with Crippen LogP contribution in [-0.4, -0.2) is 42.9 Å². The minimum absolute atomic E-state index is 0.733. The van der Waals surface area contributed by atoms with Crippen LogP contribution in [-0.2, 0) is 0 Å². The van der Waals surface area contributed by atoms with Crippen LogP contribution in [0.15, 0.2) is 29.2 Å². The number of rotatable bonds is 6. The highest BCUT2D eigenvalue weighted by atomic mass is 32.2. The lowest BCUT2D eigenvalue weighted by Gasteiger charge is -2.28. The molecule has 0 aliphatic carbocycles. The molecule has 1 fully saturated rings. The number of thioether (sulfide) groups is 1. The molecule has 0 aromatic heterocycles. The van der Waals surface area contributed by atoms with E-state index in [4.69, 9.17) is 0 Å².